The fraction of sp³-hybridized carbons (Fsp3) is 0.0312. The summed E-state index contributed by atoms with van der Waals surface area (Å²) in [7, 11) is 0. The van der Waals surface area contributed by atoms with Crippen molar-refractivity contribution in [1.82, 2.24) is 10.1 Å². The van der Waals surface area contributed by atoms with Crippen LogP contribution in [0.25, 0.3) is 56.1 Å². The predicted octanol–water partition coefficient (Wildman–Crippen LogP) is 8.76. The van der Waals surface area contributed by atoms with Crippen molar-refractivity contribution in [3.8, 4) is 34.2 Å². The van der Waals surface area contributed by atoms with Gasteiger partial charge < -0.3 is 13.4 Å². The number of aryl methyl sites for hydroxylation is 1. The van der Waals surface area contributed by atoms with Gasteiger partial charge in [-0.15, -0.1) is 0 Å². The lowest BCUT2D eigenvalue weighted by molar-refractivity contribution is 0.103. The lowest BCUT2D eigenvalue weighted by atomic mass is 9.96. The molecule has 0 aliphatic heterocycles. The number of aromatic nitrogens is 2. The first kappa shape index (κ1) is 23.2. The maximum atomic E-state index is 13.7. The molecule has 3 aromatic heterocycles. The number of furan rings is 2. The number of rotatable bonds is 5. The Morgan fingerprint density at radius 3 is 2.28 bits per heavy atom. The summed E-state index contributed by atoms with van der Waals surface area (Å²) in [5, 5.41) is 6.12. The number of ketones is 1. The van der Waals surface area contributed by atoms with Gasteiger partial charge in [0.2, 0.25) is 11.6 Å². The van der Waals surface area contributed by atoms with E-state index in [0.29, 0.717) is 55.6 Å². The van der Waals surface area contributed by atoms with E-state index in [4.69, 9.17) is 25.0 Å². The third kappa shape index (κ3) is 3.85. The van der Waals surface area contributed by atoms with Crippen molar-refractivity contribution in [1.29, 1.82) is 0 Å². The molecule has 0 bridgehead atoms. The zero-order valence-corrected chi connectivity index (χ0v) is 21.4. The highest BCUT2D eigenvalue weighted by atomic mass is 35.5. The largest absolute Gasteiger partial charge is 0.460 e. The Hall–Kier alpha value is -4.94. The molecule has 7 heteroatoms. The highest BCUT2D eigenvalue weighted by Crippen LogP contribution is 2.45. The van der Waals surface area contributed by atoms with Crippen LogP contribution in [0.2, 0.25) is 5.02 Å². The van der Waals surface area contributed by atoms with Crippen LogP contribution in [-0.4, -0.2) is 15.9 Å². The summed E-state index contributed by atoms with van der Waals surface area (Å²) in [5.41, 5.74) is 4.32. The van der Waals surface area contributed by atoms with E-state index in [1.165, 1.54) is 0 Å². The van der Waals surface area contributed by atoms with Crippen LogP contribution in [0.5, 0.6) is 0 Å². The molecule has 39 heavy (non-hydrogen) atoms. The normalized spacial score (nSPS) is 11.4. The Labute approximate surface area is 227 Å². The number of nitrogens with zero attached hydrogens (tertiary/aromatic N) is 2. The first-order chi connectivity index (χ1) is 19.1. The molecule has 0 saturated carbocycles. The molecule has 6 nitrogen and oxygen atoms in total. The third-order valence-electron chi connectivity index (χ3n) is 6.66. The fourth-order valence-electron chi connectivity index (χ4n) is 4.90. The fourth-order valence-corrected chi connectivity index (χ4v) is 5.12. The summed E-state index contributed by atoms with van der Waals surface area (Å²) in [6, 6.07) is 29.9. The van der Waals surface area contributed by atoms with Gasteiger partial charge in [-0.2, -0.15) is 4.98 Å². The van der Waals surface area contributed by atoms with E-state index >= 15 is 0 Å². The van der Waals surface area contributed by atoms with Gasteiger partial charge in [-0.25, -0.2) is 0 Å². The summed E-state index contributed by atoms with van der Waals surface area (Å²) >= 11 is 6.38. The van der Waals surface area contributed by atoms with Crippen LogP contribution in [0, 0.1) is 6.92 Å². The highest BCUT2D eigenvalue weighted by molar-refractivity contribution is 6.33. The molecular formula is C32H19ClN2O4. The van der Waals surface area contributed by atoms with Crippen molar-refractivity contribution in [3.05, 3.63) is 119 Å². The van der Waals surface area contributed by atoms with Gasteiger partial charge in [0.05, 0.1) is 16.0 Å². The van der Waals surface area contributed by atoms with Crippen molar-refractivity contribution < 1.29 is 18.2 Å². The van der Waals surface area contributed by atoms with E-state index in [1.807, 2.05) is 85.8 Å². The quantitative estimate of drug-likeness (QED) is 0.207. The zero-order chi connectivity index (χ0) is 26.5. The monoisotopic (exact) mass is 530 g/mol. The van der Waals surface area contributed by atoms with Crippen molar-refractivity contribution in [2.24, 2.45) is 0 Å². The zero-order valence-electron chi connectivity index (χ0n) is 20.6. The number of halogens is 1. The topological polar surface area (TPSA) is 82.3 Å². The van der Waals surface area contributed by atoms with E-state index in [2.05, 4.69) is 10.1 Å². The molecule has 0 fully saturated rings. The molecule has 0 N–H and O–H groups in total. The Bertz CT molecular complexity index is 2000. The molecule has 0 spiro atoms. The average Bonchev–Trinajstić information content (AvgIpc) is 3.70. The van der Waals surface area contributed by atoms with Crippen molar-refractivity contribution in [2.75, 3.05) is 0 Å². The molecule has 7 aromatic rings. The van der Waals surface area contributed by atoms with Crippen molar-refractivity contribution in [3.63, 3.8) is 0 Å². The average molecular weight is 531 g/mol. The van der Waals surface area contributed by atoms with Crippen LogP contribution >= 0.6 is 11.6 Å². The van der Waals surface area contributed by atoms with Gasteiger partial charge in [0.15, 0.2) is 5.78 Å². The molecule has 7 rings (SSSR count). The van der Waals surface area contributed by atoms with Crippen LogP contribution in [0.4, 0.5) is 0 Å². The Balaban J connectivity index is 1.52. The minimum absolute atomic E-state index is 0.141. The van der Waals surface area contributed by atoms with Crippen LogP contribution < -0.4 is 0 Å². The van der Waals surface area contributed by atoms with E-state index in [1.54, 1.807) is 18.2 Å². The maximum absolute atomic E-state index is 13.7. The van der Waals surface area contributed by atoms with E-state index in [0.717, 1.165) is 16.5 Å². The molecule has 0 atom stereocenters. The van der Waals surface area contributed by atoms with Gasteiger partial charge in [-0.05, 0) is 36.8 Å². The van der Waals surface area contributed by atoms with Gasteiger partial charge in [-0.3, -0.25) is 4.79 Å². The Morgan fingerprint density at radius 2 is 1.51 bits per heavy atom. The smallest absolute Gasteiger partial charge is 0.294 e. The molecule has 0 aliphatic carbocycles. The van der Waals surface area contributed by atoms with Gasteiger partial charge in [0, 0.05) is 22.1 Å². The summed E-state index contributed by atoms with van der Waals surface area (Å²) in [6.07, 6.45) is 0. The maximum Gasteiger partial charge on any atom is 0.294 e. The standard InChI is InChI=1S/C32H19ClN2O4/c1-18-16-24-28-22(17-23(29(24)37-18)27(36)20-12-6-3-7-13-20)26(19-10-4-2-5-11-19)30(38-28)32-34-31(35-39-32)21-14-8-9-15-25(21)33/h2-17H,1H3. The van der Waals surface area contributed by atoms with E-state index in [-0.39, 0.29) is 11.7 Å². The van der Waals surface area contributed by atoms with Gasteiger partial charge in [-0.1, -0.05) is 89.6 Å². The molecular weight excluding hydrogens is 512 g/mol. The first-order valence-electron chi connectivity index (χ1n) is 12.3. The molecule has 3 heterocycles. The Morgan fingerprint density at radius 1 is 0.795 bits per heavy atom. The van der Waals surface area contributed by atoms with Crippen molar-refractivity contribution >= 4 is 39.3 Å². The second-order valence-electron chi connectivity index (χ2n) is 9.17. The SMILES string of the molecule is Cc1cc2c(o1)c(C(=O)c1ccccc1)cc1c(-c3ccccc3)c(-c3nc(-c4ccccc4Cl)no3)oc12. The number of hydrogen-bond donors (Lipinski definition) is 0. The molecule has 0 saturated heterocycles. The summed E-state index contributed by atoms with van der Waals surface area (Å²) in [4.78, 5) is 18.3. The highest BCUT2D eigenvalue weighted by Gasteiger charge is 2.28. The van der Waals surface area contributed by atoms with Crippen LogP contribution in [0.3, 0.4) is 0 Å². The van der Waals surface area contributed by atoms with Gasteiger partial charge >= 0.3 is 0 Å². The van der Waals surface area contributed by atoms with Crippen LogP contribution in [-0.2, 0) is 0 Å². The number of fused-ring (bicyclic) bond motifs is 3. The second kappa shape index (κ2) is 9.11. The minimum Gasteiger partial charge on any atom is -0.460 e. The summed E-state index contributed by atoms with van der Waals surface area (Å²) < 4.78 is 18.2. The van der Waals surface area contributed by atoms with Gasteiger partial charge in [0.25, 0.3) is 5.89 Å². The lowest BCUT2D eigenvalue weighted by Crippen LogP contribution is -2.01. The molecule has 0 amide bonds. The number of carbonyl (C=O) groups is 1. The molecule has 188 valence electrons. The summed E-state index contributed by atoms with van der Waals surface area (Å²) in [5.74, 6) is 1.46. The summed E-state index contributed by atoms with van der Waals surface area (Å²) in [6.45, 7) is 1.85. The van der Waals surface area contributed by atoms with Crippen LogP contribution in [0.1, 0.15) is 21.7 Å². The Kier molecular flexibility index (Phi) is 5.42. The predicted molar refractivity (Wildman–Crippen MR) is 150 cm³/mol. The first-order valence-corrected chi connectivity index (χ1v) is 12.7. The van der Waals surface area contributed by atoms with Crippen molar-refractivity contribution in [2.45, 2.75) is 6.92 Å². The van der Waals surface area contributed by atoms with E-state index in [9.17, 15) is 4.79 Å². The lowest BCUT2D eigenvalue weighted by Gasteiger charge is -2.05. The minimum atomic E-state index is -0.141. The van der Waals surface area contributed by atoms with E-state index < -0.39 is 0 Å². The molecule has 0 radical (unpaired) electrons. The third-order valence-corrected chi connectivity index (χ3v) is 6.99. The van der Waals surface area contributed by atoms with Gasteiger partial charge in [0.1, 0.15) is 16.9 Å². The number of benzene rings is 4. The number of carbonyl (C=O) groups excluding carboxylic acids is 1. The molecule has 0 aliphatic rings. The molecule has 4 aromatic carbocycles. The molecule has 0 unspecified atom stereocenters. The number of hydrogen-bond acceptors (Lipinski definition) is 6. The van der Waals surface area contributed by atoms with Crippen LogP contribution in [0.15, 0.2) is 110 Å². The second-order valence-corrected chi connectivity index (χ2v) is 9.58.